The zero-order valence-corrected chi connectivity index (χ0v) is 17.3. The van der Waals surface area contributed by atoms with Gasteiger partial charge in [-0.15, -0.1) is 0 Å². The van der Waals surface area contributed by atoms with Crippen LogP contribution in [0, 0.1) is 0 Å². The van der Waals surface area contributed by atoms with E-state index in [4.69, 9.17) is 9.40 Å². The van der Waals surface area contributed by atoms with Crippen LogP contribution in [0.3, 0.4) is 0 Å². The maximum atomic E-state index is 6.48. The molecule has 0 radical (unpaired) electrons. The quantitative estimate of drug-likeness (QED) is 0.318. The molecule has 0 spiro atoms. The molecule has 0 atom stereocenters. The van der Waals surface area contributed by atoms with Gasteiger partial charge in [0.15, 0.2) is 0 Å². The third-order valence-electron chi connectivity index (χ3n) is 7.08. The highest BCUT2D eigenvalue weighted by molar-refractivity contribution is 6.17. The number of rotatable bonds is 2. The van der Waals surface area contributed by atoms with Crippen molar-refractivity contribution in [3.05, 3.63) is 78.5 Å². The lowest BCUT2D eigenvalue weighted by molar-refractivity contribution is 0.397. The highest BCUT2D eigenvalue weighted by atomic mass is 16.3. The summed E-state index contributed by atoms with van der Waals surface area (Å²) in [7, 11) is 2.40. The Morgan fingerprint density at radius 2 is 1.53 bits per heavy atom. The summed E-state index contributed by atoms with van der Waals surface area (Å²) in [6, 6.07) is 23.6. The van der Waals surface area contributed by atoms with E-state index in [1.54, 1.807) is 0 Å². The van der Waals surface area contributed by atoms with Crippen LogP contribution >= 0.6 is 0 Å². The number of aromatic nitrogens is 1. The van der Waals surface area contributed by atoms with Crippen LogP contribution < -0.4 is 0 Å². The van der Waals surface area contributed by atoms with Gasteiger partial charge in [0.2, 0.25) is 0 Å². The van der Waals surface area contributed by atoms with Crippen LogP contribution in [0.2, 0.25) is 0 Å². The van der Waals surface area contributed by atoms with E-state index in [0.29, 0.717) is 0 Å². The summed E-state index contributed by atoms with van der Waals surface area (Å²) < 4.78 is 6.48. The van der Waals surface area contributed by atoms with Gasteiger partial charge in [0.1, 0.15) is 19.0 Å². The Kier molecular flexibility index (Phi) is 3.99. The fourth-order valence-electron chi connectivity index (χ4n) is 5.26. The van der Waals surface area contributed by atoms with Gasteiger partial charge in [0.25, 0.3) is 0 Å². The summed E-state index contributed by atoms with van der Waals surface area (Å²) in [5.41, 5.74) is 5.30. The Labute approximate surface area is 177 Å². The van der Waals surface area contributed by atoms with Crippen molar-refractivity contribution in [2.24, 2.45) is 0 Å². The number of fused-ring (bicyclic) bond motifs is 5. The SMILES string of the molecule is BC1(c2ccc(-c3cccc4c3oc3c5ccccc5ccc43)nc2)CCCCC1. The summed E-state index contributed by atoms with van der Waals surface area (Å²) in [5, 5.41) is 4.95. The van der Waals surface area contributed by atoms with Crippen molar-refractivity contribution < 1.29 is 4.42 Å². The standard InChI is InChI=1S/C27H24BNO/c28-27(15-4-1-5-16-27)19-12-14-24(29-17-19)23-10-6-9-21-22-13-11-18-7-2-3-8-20(18)25(22)30-26(21)23/h2-3,6-14,17H,1,4-5,15-16,28H2. The number of nitrogens with zero attached hydrogens (tertiary/aromatic N) is 1. The Bertz CT molecular complexity index is 1380. The maximum absolute atomic E-state index is 6.48. The lowest BCUT2D eigenvalue weighted by atomic mass is 9.57. The fraction of sp³-hybridized carbons (Fsp3) is 0.222. The van der Waals surface area contributed by atoms with E-state index in [2.05, 4.69) is 80.8 Å². The van der Waals surface area contributed by atoms with Crippen molar-refractivity contribution in [1.29, 1.82) is 0 Å². The molecular weight excluding hydrogens is 365 g/mol. The molecule has 0 amide bonds. The molecule has 3 heteroatoms. The third-order valence-corrected chi connectivity index (χ3v) is 7.08. The zero-order chi connectivity index (χ0) is 20.1. The molecule has 0 bridgehead atoms. The van der Waals surface area contributed by atoms with Gasteiger partial charge in [-0.3, -0.25) is 4.98 Å². The number of pyridine rings is 1. The fourth-order valence-corrected chi connectivity index (χ4v) is 5.26. The normalized spacial score (nSPS) is 16.4. The van der Waals surface area contributed by atoms with Crippen molar-refractivity contribution in [1.82, 2.24) is 4.98 Å². The molecule has 6 rings (SSSR count). The van der Waals surface area contributed by atoms with E-state index >= 15 is 0 Å². The minimum absolute atomic E-state index is 0.272. The molecular formula is C27H24BNO. The molecule has 5 aromatic rings. The lowest BCUT2D eigenvalue weighted by Gasteiger charge is -2.34. The van der Waals surface area contributed by atoms with E-state index in [1.807, 2.05) is 0 Å². The van der Waals surface area contributed by atoms with E-state index in [9.17, 15) is 0 Å². The molecule has 0 unspecified atom stereocenters. The molecule has 1 fully saturated rings. The van der Waals surface area contributed by atoms with Crippen molar-refractivity contribution in [2.45, 2.75) is 37.4 Å². The van der Waals surface area contributed by atoms with Gasteiger partial charge < -0.3 is 4.42 Å². The second-order valence-corrected chi connectivity index (χ2v) is 9.00. The second kappa shape index (κ2) is 6.73. The largest absolute Gasteiger partial charge is 0.455 e. The van der Waals surface area contributed by atoms with Crippen LogP contribution in [0.25, 0.3) is 44.0 Å². The number of hydrogen-bond acceptors (Lipinski definition) is 2. The first kappa shape index (κ1) is 17.8. The number of hydrogen-bond donors (Lipinski definition) is 0. The first-order chi connectivity index (χ1) is 14.7. The molecule has 3 aromatic carbocycles. The highest BCUT2D eigenvalue weighted by Crippen LogP contribution is 2.40. The predicted octanol–water partition coefficient (Wildman–Crippen LogP) is 6.59. The summed E-state index contributed by atoms with van der Waals surface area (Å²) in [6.07, 6.45) is 8.64. The molecule has 1 aliphatic carbocycles. The monoisotopic (exact) mass is 389 g/mol. The predicted molar refractivity (Wildman–Crippen MR) is 128 cm³/mol. The van der Waals surface area contributed by atoms with Gasteiger partial charge in [-0.1, -0.05) is 80.6 Å². The van der Waals surface area contributed by atoms with Crippen molar-refractivity contribution in [2.75, 3.05) is 0 Å². The van der Waals surface area contributed by atoms with Crippen molar-refractivity contribution in [3.63, 3.8) is 0 Å². The van der Waals surface area contributed by atoms with Crippen LogP contribution in [0.15, 0.2) is 77.3 Å². The lowest BCUT2D eigenvalue weighted by Crippen LogP contribution is -2.29. The van der Waals surface area contributed by atoms with Crippen molar-refractivity contribution in [3.8, 4) is 11.3 Å². The zero-order valence-electron chi connectivity index (χ0n) is 17.3. The molecule has 2 nitrogen and oxygen atoms in total. The summed E-state index contributed by atoms with van der Waals surface area (Å²) in [5.74, 6) is 0. The molecule has 30 heavy (non-hydrogen) atoms. The van der Waals surface area contributed by atoms with Crippen LogP contribution in [-0.2, 0) is 5.31 Å². The molecule has 0 N–H and O–H groups in total. The van der Waals surface area contributed by atoms with Gasteiger partial charge in [0.05, 0.1) is 5.69 Å². The van der Waals surface area contributed by atoms with Crippen LogP contribution in [0.5, 0.6) is 0 Å². The summed E-state index contributed by atoms with van der Waals surface area (Å²) in [6.45, 7) is 0. The molecule has 0 saturated heterocycles. The van der Waals surface area contributed by atoms with E-state index < -0.39 is 0 Å². The summed E-state index contributed by atoms with van der Waals surface area (Å²) >= 11 is 0. The van der Waals surface area contributed by atoms with Crippen LogP contribution in [0.4, 0.5) is 0 Å². The molecule has 1 aliphatic rings. The Balaban J connectivity index is 1.50. The van der Waals surface area contributed by atoms with Crippen LogP contribution in [0.1, 0.15) is 37.7 Å². The van der Waals surface area contributed by atoms with Gasteiger partial charge >= 0.3 is 0 Å². The molecule has 1 saturated carbocycles. The minimum Gasteiger partial charge on any atom is -0.455 e. The van der Waals surface area contributed by atoms with Gasteiger partial charge in [-0.25, -0.2) is 0 Å². The molecule has 2 heterocycles. The Morgan fingerprint density at radius 3 is 2.37 bits per heavy atom. The number of para-hydroxylation sites is 1. The van der Waals surface area contributed by atoms with Gasteiger partial charge in [-0.2, -0.15) is 0 Å². The average molecular weight is 389 g/mol. The Hall–Kier alpha value is -3.07. The minimum atomic E-state index is 0.272. The second-order valence-electron chi connectivity index (χ2n) is 9.00. The Morgan fingerprint density at radius 1 is 0.733 bits per heavy atom. The first-order valence-corrected chi connectivity index (χ1v) is 11.0. The molecule has 0 aliphatic heterocycles. The topological polar surface area (TPSA) is 26.0 Å². The van der Waals surface area contributed by atoms with Gasteiger partial charge in [-0.05, 0) is 34.5 Å². The summed E-state index contributed by atoms with van der Waals surface area (Å²) in [4.78, 5) is 4.89. The third kappa shape index (κ3) is 2.69. The van der Waals surface area contributed by atoms with E-state index in [0.717, 1.165) is 38.6 Å². The smallest absolute Gasteiger partial charge is 0.144 e. The number of furan rings is 1. The molecule has 146 valence electrons. The maximum Gasteiger partial charge on any atom is 0.144 e. The van der Waals surface area contributed by atoms with Crippen molar-refractivity contribution >= 4 is 40.6 Å². The van der Waals surface area contributed by atoms with Crippen LogP contribution in [-0.4, -0.2) is 12.8 Å². The highest BCUT2D eigenvalue weighted by Gasteiger charge is 2.29. The number of benzene rings is 3. The molecule has 2 aromatic heterocycles. The average Bonchev–Trinajstić information content (AvgIpc) is 3.19. The first-order valence-electron chi connectivity index (χ1n) is 11.0. The van der Waals surface area contributed by atoms with E-state index in [-0.39, 0.29) is 5.31 Å². The van der Waals surface area contributed by atoms with Gasteiger partial charge in [0, 0.05) is 27.9 Å². The van der Waals surface area contributed by atoms with E-state index in [1.165, 1.54) is 43.1 Å².